The molecule has 0 radical (unpaired) electrons. The Hall–Kier alpha value is -2.90. The molecule has 8 heteroatoms. The minimum atomic E-state index is -1.26. The van der Waals surface area contributed by atoms with E-state index in [1.165, 1.54) is 6.26 Å². The average molecular weight is 291 g/mol. The van der Waals surface area contributed by atoms with Gasteiger partial charge in [-0.3, -0.25) is 10.1 Å². The standard InChI is InChI=1S/C13H13N3O5/c1-8-9(3-4-21-8)7-15(2)12-11(16(19)20)5-10(6-14-12)13(17)18/h3-6H,7H2,1-2H3,(H,17,18). The molecule has 0 aliphatic rings. The van der Waals surface area contributed by atoms with Crippen molar-refractivity contribution < 1.29 is 19.2 Å². The van der Waals surface area contributed by atoms with Gasteiger partial charge in [0.25, 0.3) is 0 Å². The summed E-state index contributed by atoms with van der Waals surface area (Å²) < 4.78 is 5.17. The number of furan rings is 1. The molecule has 21 heavy (non-hydrogen) atoms. The first-order valence-corrected chi connectivity index (χ1v) is 6.02. The van der Waals surface area contributed by atoms with Crippen molar-refractivity contribution in [1.29, 1.82) is 0 Å². The Labute approximate surface area is 119 Å². The second-order valence-electron chi connectivity index (χ2n) is 4.49. The van der Waals surface area contributed by atoms with E-state index in [0.717, 1.165) is 17.8 Å². The SMILES string of the molecule is Cc1occc1CN(C)c1ncc(C(=O)O)cc1[N+](=O)[O-]. The van der Waals surface area contributed by atoms with Crippen LogP contribution in [-0.2, 0) is 6.54 Å². The Morgan fingerprint density at radius 3 is 2.81 bits per heavy atom. The lowest BCUT2D eigenvalue weighted by Crippen LogP contribution is -2.19. The smallest absolute Gasteiger partial charge is 0.337 e. The number of carboxylic acid groups (broad SMARTS) is 1. The first-order chi connectivity index (χ1) is 9.90. The summed E-state index contributed by atoms with van der Waals surface area (Å²) in [6.07, 6.45) is 2.64. The van der Waals surface area contributed by atoms with Crippen LogP contribution >= 0.6 is 0 Å². The van der Waals surface area contributed by atoms with Crippen LogP contribution in [0.4, 0.5) is 11.5 Å². The van der Waals surface area contributed by atoms with E-state index < -0.39 is 10.9 Å². The Morgan fingerprint density at radius 1 is 1.57 bits per heavy atom. The summed E-state index contributed by atoms with van der Waals surface area (Å²) in [5.74, 6) is -0.442. The zero-order valence-electron chi connectivity index (χ0n) is 11.4. The van der Waals surface area contributed by atoms with Gasteiger partial charge >= 0.3 is 11.7 Å². The zero-order valence-corrected chi connectivity index (χ0v) is 11.4. The number of carbonyl (C=O) groups is 1. The van der Waals surface area contributed by atoms with Crippen LogP contribution in [0.2, 0.25) is 0 Å². The van der Waals surface area contributed by atoms with E-state index in [1.54, 1.807) is 24.9 Å². The number of carboxylic acids is 1. The van der Waals surface area contributed by atoms with Crippen LogP contribution in [0.3, 0.4) is 0 Å². The number of rotatable bonds is 5. The number of pyridine rings is 1. The van der Waals surface area contributed by atoms with Gasteiger partial charge in [0, 0.05) is 31.4 Å². The first-order valence-electron chi connectivity index (χ1n) is 6.02. The third-order valence-corrected chi connectivity index (χ3v) is 3.03. The fourth-order valence-electron chi connectivity index (χ4n) is 1.90. The normalized spacial score (nSPS) is 10.4. The highest BCUT2D eigenvalue weighted by Crippen LogP contribution is 2.27. The summed E-state index contributed by atoms with van der Waals surface area (Å²) in [6.45, 7) is 2.15. The van der Waals surface area contributed by atoms with Crippen molar-refractivity contribution in [3.05, 3.63) is 51.6 Å². The van der Waals surface area contributed by atoms with Crippen LogP contribution in [0.25, 0.3) is 0 Å². The quantitative estimate of drug-likeness (QED) is 0.664. The van der Waals surface area contributed by atoms with Crippen molar-refractivity contribution >= 4 is 17.5 Å². The molecule has 110 valence electrons. The van der Waals surface area contributed by atoms with E-state index >= 15 is 0 Å². The molecule has 0 saturated heterocycles. The molecule has 0 aromatic carbocycles. The topological polar surface area (TPSA) is 110 Å². The zero-order chi connectivity index (χ0) is 15.6. The molecule has 2 rings (SSSR count). The fourth-order valence-corrected chi connectivity index (χ4v) is 1.90. The summed E-state index contributed by atoms with van der Waals surface area (Å²) >= 11 is 0. The Bertz CT molecular complexity index is 695. The number of anilines is 1. The molecule has 2 aromatic rings. The van der Waals surface area contributed by atoms with Gasteiger partial charge in [-0.05, 0) is 13.0 Å². The summed E-state index contributed by atoms with van der Waals surface area (Å²) in [5.41, 5.74) is 0.299. The molecule has 2 aromatic heterocycles. The van der Waals surface area contributed by atoms with Crippen molar-refractivity contribution in [3.8, 4) is 0 Å². The van der Waals surface area contributed by atoms with Gasteiger partial charge < -0.3 is 14.4 Å². The molecule has 0 saturated carbocycles. The van der Waals surface area contributed by atoms with E-state index in [2.05, 4.69) is 4.98 Å². The van der Waals surface area contributed by atoms with E-state index in [-0.39, 0.29) is 17.1 Å². The molecule has 0 atom stereocenters. The van der Waals surface area contributed by atoms with Gasteiger partial charge in [-0.15, -0.1) is 0 Å². The summed E-state index contributed by atoms with van der Waals surface area (Å²) in [5, 5.41) is 20.0. The van der Waals surface area contributed by atoms with Crippen molar-refractivity contribution in [2.75, 3.05) is 11.9 Å². The van der Waals surface area contributed by atoms with Crippen LogP contribution in [-0.4, -0.2) is 28.0 Å². The lowest BCUT2D eigenvalue weighted by atomic mass is 10.2. The number of nitrogens with zero attached hydrogens (tertiary/aromatic N) is 3. The molecule has 0 bridgehead atoms. The lowest BCUT2D eigenvalue weighted by molar-refractivity contribution is -0.384. The van der Waals surface area contributed by atoms with Gasteiger partial charge in [-0.25, -0.2) is 9.78 Å². The van der Waals surface area contributed by atoms with E-state index in [1.807, 2.05) is 0 Å². The molecule has 0 aliphatic carbocycles. The van der Waals surface area contributed by atoms with E-state index in [4.69, 9.17) is 9.52 Å². The molecule has 8 nitrogen and oxygen atoms in total. The molecule has 0 amide bonds. The van der Waals surface area contributed by atoms with E-state index in [9.17, 15) is 14.9 Å². The molecule has 0 unspecified atom stereocenters. The summed E-state index contributed by atoms with van der Waals surface area (Å²) in [6, 6.07) is 2.77. The highest BCUT2D eigenvalue weighted by molar-refractivity contribution is 5.88. The fraction of sp³-hybridized carbons (Fsp3) is 0.231. The third-order valence-electron chi connectivity index (χ3n) is 3.03. The maximum absolute atomic E-state index is 11.1. The van der Waals surface area contributed by atoms with Gasteiger partial charge in [-0.2, -0.15) is 0 Å². The third kappa shape index (κ3) is 2.99. The number of aromatic nitrogens is 1. The Morgan fingerprint density at radius 2 is 2.29 bits per heavy atom. The number of aromatic carboxylic acids is 1. The van der Waals surface area contributed by atoms with Crippen LogP contribution in [0.5, 0.6) is 0 Å². The monoisotopic (exact) mass is 291 g/mol. The first kappa shape index (κ1) is 14.5. The molecule has 0 spiro atoms. The highest BCUT2D eigenvalue weighted by atomic mass is 16.6. The Balaban J connectivity index is 2.36. The van der Waals surface area contributed by atoms with Gasteiger partial charge in [-0.1, -0.05) is 0 Å². The number of hydrogen-bond donors (Lipinski definition) is 1. The molecular weight excluding hydrogens is 278 g/mol. The van der Waals surface area contributed by atoms with Gasteiger partial charge in [0.05, 0.1) is 16.7 Å². The summed E-state index contributed by atoms with van der Waals surface area (Å²) in [4.78, 5) is 26.8. The molecule has 0 fully saturated rings. The number of aryl methyl sites for hydroxylation is 1. The largest absolute Gasteiger partial charge is 0.478 e. The predicted octanol–water partition coefficient (Wildman–Crippen LogP) is 2.23. The van der Waals surface area contributed by atoms with Crippen LogP contribution in [0.1, 0.15) is 21.7 Å². The number of hydrogen-bond acceptors (Lipinski definition) is 6. The second kappa shape index (κ2) is 5.61. The average Bonchev–Trinajstić information content (AvgIpc) is 2.83. The minimum Gasteiger partial charge on any atom is -0.478 e. The second-order valence-corrected chi connectivity index (χ2v) is 4.49. The predicted molar refractivity (Wildman–Crippen MR) is 73.4 cm³/mol. The number of nitro groups is 1. The maximum Gasteiger partial charge on any atom is 0.337 e. The highest BCUT2D eigenvalue weighted by Gasteiger charge is 2.22. The van der Waals surface area contributed by atoms with Crippen molar-refractivity contribution in [3.63, 3.8) is 0 Å². The minimum absolute atomic E-state index is 0.102. The van der Waals surface area contributed by atoms with Gasteiger partial charge in [0.15, 0.2) is 0 Å². The van der Waals surface area contributed by atoms with E-state index in [0.29, 0.717) is 12.3 Å². The maximum atomic E-state index is 11.1. The van der Waals surface area contributed by atoms with Crippen LogP contribution in [0, 0.1) is 17.0 Å². The van der Waals surface area contributed by atoms with Crippen LogP contribution in [0.15, 0.2) is 29.0 Å². The summed E-state index contributed by atoms with van der Waals surface area (Å²) in [7, 11) is 1.64. The molecule has 2 heterocycles. The molecule has 1 N–H and O–H groups in total. The molecular formula is C13H13N3O5. The van der Waals surface area contributed by atoms with Gasteiger partial charge in [0.2, 0.25) is 5.82 Å². The van der Waals surface area contributed by atoms with Crippen LogP contribution < -0.4 is 4.90 Å². The Kier molecular flexibility index (Phi) is 3.88. The van der Waals surface area contributed by atoms with Gasteiger partial charge in [0.1, 0.15) is 5.76 Å². The van der Waals surface area contributed by atoms with Crippen molar-refractivity contribution in [1.82, 2.24) is 4.98 Å². The van der Waals surface area contributed by atoms with Crippen molar-refractivity contribution in [2.24, 2.45) is 0 Å². The lowest BCUT2D eigenvalue weighted by Gasteiger charge is -2.17. The molecule has 0 aliphatic heterocycles. The van der Waals surface area contributed by atoms with Crippen molar-refractivity contribution in [2.45, 2.75) is 13.5 Å².